The van der Waals surface area contributed by atoms with Gasteiger partial charge in [-0.3, -0.25) is 4.99 Å². The first kappa shape index (κ1) is 8.67. The van der Waals surface area contributed by atoms with Crippen molar-refractivity contribution in [1.82, 2.24) is 0 Å². The van der Waals surface area contributed by atoms with Gasteiger partial charge in [0.2, 0.25) is 0 Å². The number of rotatable bonds is 3. The fourth-order valence-corrected chi connectivity index (χ4v) is 0.740. The number of aliphatic imine (C=N–C) groups is 1. The summed E-state index contributed by atoms with van der Waals surface area (Å²) in [5.74, 6) is 0.800. The van der Waals surface area contributed by atoms with E-state index in [0.29, 0.717) is 0 Å². The van der Waals surface area contributed by atoms with E-state index in [1.807, 2.05) is 7.05 Å². The van der Waals surface area contributed by atoms with Gasteiger partial charge in [-0.25, -0.2) is 0 Å². The van der Waals surface area contributed by atoms with E-state index < -0.39 is 0 Å². The van der Waals surface area contributed by atoms with Crippen molar-refractivity contribution in [2.75, 3.05) is 7.05 Å². The molecule has 0 aliphatic rings. The quantitative estimate of drug-likeness (QED) is 0.516. The topological polar surface area (TPSA) is 12.4 Å². The minimum Gasteiger partial charge on any atom is -0.298 e. The first-order chi connectivity index (χ1) is 4.20. The molecule has 0 aromatic rings. The van der Waals surface area contributed by atoms with E-state index in [4.69, 9.17) is 0 Å². The fraction of sp³-hybridized carbons (Fsp3) is 0.875. The van der Waals surface area contributed by atoms with Crippen molar-refractivity contribution < 1.29 is 0 Å². The van der Waals surface area contributed by atoms with E-state index >= 15 is 0 Å². The Hall–Kier alpha value is -0.330. The second-order valence-corrected chi connectivity index (χ2v) is 2.68. The zero-order valence-electron chi connectivity index (χ0n) is 6.94. The maximum Gasteiger partial charge on any atom is 0.0276 e. The molecule has 0 heterocycles. The Labute approximate surface area is 58.2 Å². The summed E-state index contributed by atoms with van der Waals surface area (Å²) in [6.45, 7) is 6.56. The third-order valence-electron chi connectivity index (χ3n) is 1.72. The summed E-state index contributed by atoms with van der Waals surface area (Å²) in [6, 6.07) is 0. The average molecular weight is 127 g/mol. The largest absolute Gasteiger partial charge is 0.298 e. The molecule has 0 saturated carbocycles. The van der Waals surface area contributed by atoms with Crippen LogP contribution in [0.3, 0.4) is 0 Å². The van der Waals surface area contributed by atoms with Gasteiger partial charge in [-0.1, -0.05) is 20.3 Å². The Bertz CT molecular complexity index is 94.7. The molecule has 0 aromatic carbocycles. The lowest BCUT2D eigenvalue weighted by molar-refractivity contribution is 0.586. The van der Waals surface area contributed by atoms with Gasteiger partial charge in [0.05, 0.1) is 0 Å². The Morgan fingerprint density at radius 3 is 2.44 bits per heavy atom. The van der Waals surface area contributed by atoms with Crippen LogP contribution in [0, 0.1) is 5.92 Å². The van der Waals surface area contributed by atoms with Crippen molar-refractivity contribution in [2.24, 2.45) is 10.9 Å². The number of hydrogen-bond donors (Lipinski definition) is 0. The predicted molar refractivity (Wildman–Crippen MR) is 43.1 cm³/mol. The highest BCUT2D eigenvalue weighted by Gasteiger charge is 1.98. The second kappa shape index (κ2) is 4.54. The van der Waals surface area contributed by atoms with E-state index in [0.717, 1.165) is 12.3 Å². The molecule has 1 atom stereocenters. The molecule has 0 aromatic heterocycles. The summed E-state index contributed by atoms with van der Waals surface area (Å²) >= 11 is 0. The van der Waals surface area contributed by atoms with Gasteiger partial charge >= 0.3 is 0 Å². The minimum absolute atomic E-state index is 0.800. The smallest absolute Gasteiger partial charge is 0.0276 e. The van der Waals surface area contributed by atoms with Crippen LogP contribution >= 0.6 is 0 Å². The maximum absolute atomic E-state index is 4.09. The second-order valence-electron chi connectivity index (χ2n) is 2.68. The van der Waals surface area contributed by atoms with E-state index in [9.17, 15) is 0 Å². The number of nitrogens with zero attached hydrogens (tertiary/aromatic N) is 1. The van der Waals surface area contributed by atoms with Gasteiger partial charge in [0, 0.05) is 12.8 Å². The molecule has 1 heteroatoms. The molecule has 0 rings (SSSR count). The third-order valence-corrected chi connectivity index (χ3v) is 1.72. The van der Waals surface area contributed by atoms with Gasteiger partial charge in [-0.2, -0.15) is 0 Å². The van der Waals surface area contributed by atoms with Crippen LogP contribution in [-0.4, -0.2) is 12.8 Å². The lowest BCUT2D eigenvalue weighted by Gasteiger charge is -2.05. The molecule has 0 N–H and O–H groups in total. The van der Waals surface area contributed by atoms with E-state index in [1.54, 1.807) is 0 Å². The Morgan fingerprint density at radius 1 is 1.56 bits per heavy atom. The van der Waals surface area contributed by atoms with Gasteiger partial charge in [0.1, 0.15) is 0 Å². The van der Waals surface area contributed by atoms with Crippen molar-refractivity contribution >= 4 is 5.71 Å². The van der Waals surface area contributed by atoms with Crippen molar-refractivity contribution in [3.8, 4) is 0 Å². The molecule has 0 spiro atoms. The molecule has 9 heavy (non-hydrogen) atoms. The Morgan fingerprint density at radius 2 is 2.11 bits per heavy atom. The van der Waals surface area contributed by atoms with Crippen LogP contribution < -0.4 is 0 Å². The standard InChI is InChI=1S/C8H17N/c1-5-7(2)6-8(3)9-4/h7H,5-6H2,1-4H3. The molecule has 1 unspecified atom stereocenters. The van der Waals surface area contributed by atoms with Crippen LogP contribution in [-0.2, 0) is 0 Å². The third kappa shape index (κ3) is 4.19. The van der Waals surface area contributed by atoms with E-state index in [-0.39, 0.29) is 0 Å². The summed E-state index contributed by atoms with van der Waals surface area (Å²) in [5, 5.41) is 0. The Kier molecular flexibility index (Phi) is 4.37. The van der Waals surface area contributed by atoms with Crippen LogP contribution in [0.15, 0.2) is 4.99 Å². The summed E-state index contributed by atoms with van der Waals surface area (Å²) in [6.07, 6.45) is 2.42. The molecule has 1 nitrogen and oxygen atoms in total. The van der Waals surface area contributed by atoms with Crippen LogP contribution in [0.4, 0.5) is 0 Å². The van der Waals surface area contributed by atoms with E-state index in [1.165, 1.54) is 12.1 Å². The molecule has 0 bridgehead atoms. The van der Waals surface area contributed by atoms with Crippen LogP contribution in [0.2, 0.25) is 0 Å². The Balaban J connectivity index is 3.47. The highest BCUT2D eigenvalue weighted by molar-refractivity contribution is 5.81. The molecular formula is C8H17N. The van der Waals surface area contributed by atoms with Crippen LogP contribution in [0.5, 0.6) is 0 Å². The highest BCUT2D eigenvalue weighted by Crippen LogP contribution is 2.06. The van der Waals surface area contributed by atoms with Crippen molar-refractivity contribution in [3.63, 3.8) is 0 Å². The van der Waals surface area contributed by atoms with Crippen molar-refractivity contribution in [2.45, 2.75) is 33.6 Å². The van der Waals surface area contributed by atoms with Gasteiger partial charge in [-0.15, -0.1) is 0 Å². The molecule has 0 amide bonds. The molecule has 0 aliphatic heterocycles. The fourth-order valence-electron chi connectivity index (χ4n) is 0.740. The molecular weight excluding hydrogens is 110 g/mol. The molecule has 0 fully saturated rings. The van der Waals surface area contributed by atoms with Crippen LogP contribution in [0.1, 0.15) is 33.6 Å². The van der Waals surface area contributed by atoms with Gasteiger partial charge in [0.25, 0.3) is 0 Å². The predicted octanol–water partition coefficient (Wildman–Crippen LogP) is 2.51. The zero-order valence-corrected chi connectivity index (χ0v) is 6.94. The van der Waals surface area contributed by atoms with Gasteiger partial charge in [0.15, 0.2) is 0 Å². The summed E-state index contributed by atoms with van der Waals surface area (Å²) in [5.41, 5.74) is 1.27. The maximum atomic E-state index is 4.09. The molecule has 0 saturated heterocycles. The zero-order chi connectivity index (χ0) is 7.28. The number of hydrogen-bond acceptors (Lipinski definition) is 1. The van der Waals surface area contributed by atoms with Crippen molar-refractivity contribution in [1.29, 1.82) is 0 Å². The monoisotopic (exact) mass is 127 g/mol. The van der Waals surface area contributed by atoms with Gasteiger partial charge in [-0.05, 0) is 19.3 Å². The van der Waals surface area contributed by atoms with Crippen LogP contribution in [0.25, 0.3) is 0 Å². The SMILES string of the molecule is CCC(C)CC(C)=NC. The lowest BCUT2D eigenvalue weighted by Crippen LogP contribution is -1.99. The minimum atomic E-state index is 0.800. The average Bonchev–Trinajstić information content (AvgIpc) is 1.87. The van der Waals surface area contributed by atoms with E-state index in [2.05, 4.69) is 25.8 Å². The normalized spacial score (nSPS) is 15.8. The molecule has 54 valence electrons. The summed E-state index contributed by atoms with van der Waals surface area (Å²) in [4.78, 5) is 4.09. The summed E-state index contributed by atoms with van der Waals surface area (Å²) in [7, 11) is 1.86. The lowest BCUT2D eigenvalue weighted by atomic mass is 10.0. The first-order valence-corrected chi connectivity index (χ1v) is 3.63. The summed E-state index contributed by atoms with van der Waals surface area (Å²) < 4.78 is 0. The van der Waals surface area contributed by atoms with Gasteiger partial charge < -0.3 is 0 Å². The first-order valence-electron chi connectivity index (χ1n) is 3.63. The molecule has 0 radical (unpaired) electrons. The molecule has 0 aliphatic carbocycles. The highest BCUT2D eigenvalue weighted by atomic mass is 14.7. The van der Waals surface area contributed by atoms with Crippen molar-refractivity contribution in [3.05, 3.63) is 0 Å².